The van der Waals surface area contributed by atoms with Gasteiger partial charge in [0, 0.05) is 17.8 Å². The summed E-state index contributed by atoms with van der Waals surface area (Å²) in [5, 5.41) is 6.92. The highest BCUT2D eigenvalue weighted by atomic mass is 32.1. The standard InChI is InChI=1S/C12H13N5O3S2/c1-6-9(22-16-15-6)10(18)17-4-3-7-8(5-17)21-11(13-7)14-12(19)20-2/h3-5H2,1-2H3,(H,13,14,19). The molecule has 0 aliphatic carbocycles. The fourth-order valence-corrected chi connectivity index (χ4v) is 3.77. The molecule has 0 aromatic carbocycles. The number of ether oxygens (including phenoxy) is 1. The number of nitrogens with zero attached hydrogens (tertiary/aromatic N) is 4. The molecule has 2 aromatic rings. The Kier molecular flexibility index (Phi) is 4.03. The molecule has 0 saturated heterocycles. The van der Waals surface area contributed by atoms with Crippen molar-refractivity contribution in [2.24, 2.45) is 0 Å². The SMILES string of the molecule is COC(=O)Nc1nc2c(s1)CN(C(=O)c1snnc1C)CC2. The van der Waals surface area contributed by atoms with E-state index in [4.69, 9.17) is 0 Å². The van der Waals surface area contributed by atoms with E-state index in [0.717, 1.165) is 22.1 Å². The first kappa shape index (κ1) is 14.9. The lowest BCUT2D eigenvalue weighted by molar-refractivity contribution is 0.0740. The van der Waals surface area contributed by atoms with Crippen molar-refractivity contribution in [3.63, 3.8) is 0 Å². The Morgan fingerprint density at radius 1 is 1.41 bits per heavy atom. The molecule has 8 nitrogen and oxygen atoms in total. The average Bonchev–Trinajstić information content (AvgIpc) is 3.10. The quantitative estimate of drug-likeness (QED) is 0.894. The Morgan fingerprint density at radius 3 is 2.91 bits per heavy atom. The summed E-state index contributed by atoms with van der Waals surface area (Å²) >= 11 is 2.47. The van der Waals surface area contributed by atoms with E-state index in [2.05, 4.69) is 24.6 Å². The molecule has 0 atom stereocenters. The molecule has 0 bridgehead atoms. The van der Waals surface area contributed by atoms with E-state index < -0.39 is 6.09 Å². The van der Waals surface area contributed by atoms with Gasteiger partial charge in [-0.3, -0.25) is 10.1 Å². The van der Waals surface area contributed by atoms with Gasteiger partial charge in [0.25, 0.3) is 5.91 Å². The number of carbonyl (C=O) groups is 2. The van der Waals surface area contributed by atoms with Crippen molar-refractivity contribution in [2.45, 2.75) is 19.9 Å². The third kappa shape index (κ3) is 2.79. The lowest BCUT2D eigenvalue weighted by Crippen LogP contribution is -2.35. The van der Waals surface area contributed by atoms with E-state index in [0.29, 0.717) is 35.2 Å². The summed E-state index contributed by atoms with van der Waals surface area (Å²) in [5.74, 6) is -0.0611. The molecule has 22 heavy (non-hydrogen) atoms. The minimum Gasteiger partial charge on any atom is -0.453 e. The fourth-order valence-electron chi connectivity index (χ4n) is 2.13. The Bertz CT molecular complexity index is 726. The van der Waals surface area contributed by atoms with Gasteiger partial charge < -0.3 is 9.64 Å². The number of carbonyl (C=O) groups excluding carboxylic acids is 2. The molecule has 116 valence electrons. The van der Waals surface area contributed by atoms with Crippen molar-refractivity contribution < 1.29 is 14.3 Å². The van der Waals surface area contributed by atoms with Crippen LogP contribution in [-0.4, -0.2) is 45.1 Å². The molecule has 3 rings (SSSR count). The molecule has 0 radical (unpaired) electrons. The third-order valence-corrected chi connectivity index (χ3v) is 5.07. The topological polar surface area (TPSA) is 97.3 Å². The maximum absolute atomic E-state index is 12.5. The van der Waals surface area contributed by atoms with Gasteiger partial charge in [-0.1, -0.05) is 15.8 Å². The zero-order valence-corrected chi connectivity index (χ0v) is 13.6. The number of aromatic nitrogens is 3. The van der Waals surface area contributed by atoms with E-state index >= 15 is 0 Å². The molecule has 0 unspecified atom stereocenters. The largest absolute Gasteiger partial charge is 0.453 e. The second-order valence-electron chi connectivity index (χ2n) is 4.67. The van der Waals surface area contributed by atoms with Crippen LogP contribution in [0.25, 0.3) is 0 Å². The van der Waals surface area contributed by atoms with E-state index in [1.54, 1.807) is 11.8 Å². The molecule has 0 fully saturated rings. The normalized spacial score (nSPS) is 13.6. The van der Waals surface area contributed by atoms with Crippen LogP contribution in [0.15, 0.2) is 0 Å². The van der Waals surface area contributed by atoms with Crippen LogP contribution < -0.4 is 5.32 Å². The summed E-state index contributed by atoms with van der Waals surface area (Å²) < 4.78 is 8.35. The Morgan fingerprint density at radius 2 is 2.23 bits per heavy atom. The third-order valence-electron chi connectivity index (χ3n) is 3.26. The first-order valence-electron chi connectivity index (χ1n) is 6.50. The van der Waals surface area contributed by atoms with Gasteiger partial charge in [0.05, 0.1) is 25.0 Å². The monoisotopic (exact) mass is 339 g/mol. The van der Waals surface area contributed by atoms with Crippen molar-refractivity contribution in [1.29, 1.82) is 0 Å². The molecule has 1 aliphatic heterocycles. The van der Waals surface area contributed by atoms with E-state index in [-0.39, 0.29) is 5.91 Å². The number of rotatable bonds is 2. The number of aryl methyl sites for hydroxylation is 1. The van der Waals surface area contributed by atoms with Crippen molar-refractivity contribution in [3.05, 3.63) is 21.1 Å². The predicted octanol–water partition coefficient (Wildman–Crippen LogP) is 1.68. The van der Waals surface area contributed by atoms with Crippen molar-refractivity contribution in [2.75, 3.05) is 19.0 Å². The number of amides is 2. The van der Waals surface area contributed by atoms with Crippen molar-refractivity contribution in [3.8, 4) is 0 Å². The highest BCUT2D eigenvalue weighted by molar-refractivity contribution is 7.15. The summed E-state index contributed by atoms with van der Waals surface area (Å²) in [6.45, 7) is 2.84. The molecular weight excluding hydrogens is 326 g/mol. The van der Waals surface area contributed by atoms with Gasteiger partial charge in [-0.2, -0.15) is 0 Å². The number of thiazole rings is 1. The number of fused-ring (bicyclic) bond motifs is 1. The Labute approximate surface area is 134 Å². The van der Waals surface area contributed by atoms with Crippen molar-refractivity contribution >= 4 is 40.0 Å². The van der Waals surface area contributed by atoms with Gasteiger partial charge in [-0.15, -0.1) is 5.10 Å². The Hall–Kier alpha value is -2.07. The van der Waals surface area contributed by atoms with E-state index in [9.17, 15) is 9.59 Å². The summed E-state index contributed by atoms with van der Waals surface area (Å²) in [5.41, 5.74) is 1.57. The minimum atomic E-state index is -0.551. The van der Waals surface area contributed by atoms with Gasteiger partial charge >= 0.3 is 6.09 Å². The van der Waals surface area contributed by atoms with Crippen LogP contribution in [0.1, 0.15) is 25.9 Å². The number of anilines is 1. The molecule has 0 spiro atoms. The number of nitrogens with one attached hydrogen (secondary N) is 1. The van der Waals surface area contributed by atoms with Gasteiger partial charge in [0.2, 0.25) is 0 Å². The molecule has 10 heteroatoms. The molecule has 2 amide bonds. The van der Waals surface area contributed by atoms with Crippen LogP contribution in [0.2, 0.25) is 0 Å². The summed E-state index contributed by atoms with van der Waals surface area (Å²) in [7, 11) is 1.30. The molecule has 1 N–H and O–H groups in total. The van der Waals surface area contributed by atoms with Crippen LogP contribution in [0.3, 0.4) is 0 Å². The van der Waals surface area contributed by atoms with Gasteiger partial charge in [-0.25, -0.2) is 9.78 Å². The maximum atomic E-state index is 12.5. The maximum Gasteiger partial charge on any atom is 0.413 e. The van der Waals surface area contributed by atoms with Crippen LogP contribution in [0.4, 0.5) is 9.93 Å². The lowest BCUT2D eigenvalue weighted by atomic mass is 10.1. The zero-order valence-electron chi connectivity index (χ0n) is 12.0. The van der Waals surface area contributed by atoms with Gasteiger partial charge in [0.15, 0.2) is 5.13 Å². The van der Waals surface area contributed by atoms with E-state index in [1.165, 1.54) is 18.4 Å². The number of hydrogen-bond acceptors (Lipinski definition) is 8. The number of hydrogen-bond donors (Lipinski definition) is 1. The van der Waals surface area contributed by atoms with Gasteiger partial charge in [0.1, 0.15) is 4.88 Å². The predicted molar refractivity (Wildman–Crippen MR) is 81.2 cm³/mol. The second kappa shape index (κ2) is 5.97. The summed E-state index contributed by atoms with van der Waals surface area (Å²) in [6.07, 6.45) is 0.108. The van der Waals surface area contributed by atoms with Crippen LogP contribution in [-0.2, 0) is 17.7 Å². The molecule has 2 aromatic heterocycles. The number of methoxy groups -OCH3 is 1. The van der Waals surface area contributed by atoms with Gasteiger partial charge in [-0.05, 0) is 18.5 Å². The van der Waals surface area contributed by atoms with Crippen LogP contribution in [0, 0.1) is 6.92 Å². The van der Waals surface area contributed by atoms with Crippen molar-refractivity contribution in [1.82, 2.24) is 19.5 Å². The van der Waals surface area contributed by atoms with Crippen LogP contribution in [0.5, 0.6) is 0 Å². The minimum absolute atomic E-state index is 0.0611. The zero-order chi connectivity index (χ0) is 15.7. The lowest BCUT2D eigenvalue weighted by Gasteiger charge is -2.25. The summed E-state index contributed by atoms with van der Waals surface area (Å²) in [4.78, 5) is 31.3. The average molecular weight is 339 g/mol. The first-order chi connectivity index (χ1) is 10.6. The Balaban J connectivity index is 1.75. The molecule has 0 saturated carbocycles. The molecule has 1 aliphatic rings. The highest BCUT2D eigenvalue weighted by Gasteiger charge is 2.27. The van der Waals surface area contributed by atoms with Crippen LogP contribution >= 0.6 is 22.9 Å². The fraction of sp³-hybridized carbons (Fsp3) is 0.417. The summed E-state index contributed by atoms with van der Waals surface area (Å²) in [6, 6.07) is 0. The second-order valence-corrected chi connectivity index (χ2v) is 6.51. The first-order valence-corrected chi connectivity index (χ1v) is 8.09. The smallest absolute Gasteiger partial charge is 0.413 e. The highest BCUT2D eigenvalue weighted by Crippen LogP contribution is 2.29. The molecular formula is C12H13N5O3S2. The van der Waals surface area contributed by atoms with E-state index in [1.807, 2.05) is 0 Å². The molecule has 3 heterocycles.